The summed E-state index contributed by atoms with van der Waals surface area (Å²) in [5.74, 6) is -0.0447. The van der Waals surface area contributed by atoms with Gasteiger partial charge in [-0.3, -0.25) is 10.0 Å². The quantitative estimate of drug-likeness (QED) is 0.623. The van der Waals surface area contributed by atoms with Crippen LogP contribution in [0.2, 0.25) is 0 Å². The maximum absolute atomic E-state index is 11.0. The van der Waals surface area contributed by atoms with Gasteiger partial charge >= 0.3 is 0 Å². The number of carbonyl (C=O) groups is 1. The normalized spacial score (nSPS) is 25.2. The lowest BCUT2D eigenvalue weighted by Gasteiger charge is -2.34. The predicted octanol–water partition coefficient (Wildman–Crippen LogP) is 2.32. The van der Waals surface area contributed by atoms with Crippen molar-refractivity contribution in [3.63, 3.8) is 0 Å². The maximum atomic E-state index is 11.0. The number of thioether (sulfide) groups is 1. The number of thiocarbonyl (C=S) groups is 1. The van der Waals surface area contributed by atoms with E-state index in [1.54, 1.807) is 30.1 Å². The van der Waals surface area contributed by atoms with E-state index in [2.05, 4.69) is 0 Å². The second-order valence-electron chi connectivity index (χ2n) is 5.03. The minimum absolute atomic E-state index is 0.0447. The van der Waals surface area contributed by atoms with Crippen LogP contribution in [-0.2, 0) is 4.79 Å². The highest BCUT2D eigenvalue weighted by atomic mass is 32.2. The number of allylic oxidation sites excluding steroid dienone is 5. The Morgan fingerprint density at radius 3 is 2.47 bits per heavy atom. The van der Waals surface area contributed by atoms with Crippen LogP contribution in [0, 0.1) is 0 Å². The number of rotatable bonds is 2. The van der Waals surface area contributed by atoms with Crippen LogP contribution in [0.1, 0.15) is 13.8 Å². The molecule has 1 saturated heterocycles. The summed E-state index contributed by atoms with van der Waals surface area (Å²) in [5.41, 5.74) is 0.772. The summed E-state index contributed by atoms with van der Waals surface area (Å²) in [6, 6.07) is 0. The van der Waals surface area contributed by atoms with Crippen LogP contribution in [-0.4, -0.2) is 43.2 Å². The van der Waals surface area contributed by atoms with Crippen molar-refractivity contribution in [2.45, 2.75) is 24.8 Å². The highest BCUT2D eigenvalue weighted by Gasteiger charge is 2.45. The van der Waals surface area contributed by atoms with Crippen molar-refractivity contribution in [3.05, 3.63) is 36.1 Å². The maximum Gasteiger partial charge on any atom is 0.178 e. The summed E-state index contributed by atoms with van der Waals surface area (Å²) in [4.78, 5) is 12.9. The molecule has 4 nitrogen and oxygen atoms in total. The Balaban J connectivity index is 2.20. The monoisotopic (exact) mass is 296 g/mol. The van der Waals surface area contributed by atoms with Crippen LogP contribution in [0.4, 0.5) is 0 Å². The Bertz CT molecular complexity index is 491. The summed E-state index contributed by atoms with van der Waals surface area (Å²) in [7, 11) is 1.87. The van der Waals surface area contributed by atoms with Crippen LogP contribution in [0.3, 0.4) is 0 Å². The summed E-state index contributed by atoms with van der Waals surface area (Å²) >= 11 is 6.83. The summed E-state index contributed by atoms with van der Waals surface area (Å²) in [6.07, 6.45) is 7.68. The number of hydroxylamine groups is 2. The van der Waals surface area contributed by atoms with Gasteiger partial charge in [0.1, 0.15) is 10.5 Å². The van der Waals surface area contributed by atoms with E-state index in [1.807, 2.05) is 25.8 Å². The molecule has 19 heavy (non-hydrogen) atoms. The highest BCUT2D eigenvalue weighted by Crippen LogP contribution is 2.41. The van der Waals surface area contributed by atoms with Crippen LogP contribution >= 0.6 is 24.0 Å². The minimum atomic E-state index is -0.239. The Kier molecular flexibility index (Phi) is 3.85. The van der Waals surface area contributed by atoms with Gasteiger partial charge in [0.2, 0.25) is 0 Å². The van der Waals surface area contributed by atoms with Crippen molar-refractivity contribution >= 4 is 34.1 Å². The van der Waals surface area contributed by atoms with Gasteiger partial charge in [0.15, 0.2) is 5.78 Å². The molecular weight excluding hydrogens is 280 g/mol. The first kappa shape index (κ1) is 14.3. The summed E-state index contributed by atoms with van der Waals surface area (Å²) < 4.78 is 0.549. The van der Waals surface area contributed by atoms with Gasteiger partial charge in [0.25, 0.3) is 0 Å². The largest absolute Gasteiger partial charge is 0.337 e. The standard InChI is InChI=1S/C13H16N2O2S2/c1-13(2)11(14(3)12(18)19-13)15(17)8-9-4-6-10(16)7-5-9/h4-8,11,17H,1-3H3/t11-/m0/s1. The van der Waals surface area contributed by atoms with E-state index >= 15 is 0 Å². The number of ketones is 1. The number of hydrogen-bond acceptors (Lipinski definition) is 5. The molecule has 2 aliphatic rings. The molecule has 0 aromatic carbocycles. The van der Waals surface area contributed by atoms with Gasteiger partial charge in [0, 0.05) is 13.2 Å². The van der Waals surface area contributed by atoms with Crippen molar-refractivity contribution in [1.29, 1.82) is 0 Å². The Labute approximate surface area is 122 Å². The molecule has 2 rings (SSSR count). The summed E-state index contributed by atoms with van der Waals surface area (Å²) in [6.45, 7) is 4.08. The van der Waals surface area contributed by atoms with Crippen molar-refractivity contribution in [1.82, 2.24) is 9.96 Å². The second-order valence-corrected chi connectivity index (χ2v) is 7.32. The van der Waals surface area contributed by atoms with E-state index in [1.165, 1.54) is 12.2 Å². The van der Waals surface area contributed by atoms with Crippen LogP contribution in [0.15, 0.2) is 36.1 Å². The van der Waals surface area contributed by atoms with E-state index < -0.39 is 0 Å². The molecule has 1 aliphatic carbocycles. The third kappa shape index (κ3) is 2.91. The topological polar surface area (TPSA) is 43.8 Å². The lowest BCUT2D eigenvalue weighted by Crippen LogP contribution is -2.48. The molecule has 0 aromatic heterocycles. The summed E-state index contributed by atoms with van der Waals surface area (Å²) in [5, 5.41) is 11.4. The smallest absolute Gasteiger partial charge is 0.178 e. The van der Waals surface area contributed by atoms with Crippen LogP contribution < -0.4 is 0 Å². The molecule has 1 aliphatic heterocycles. The zero-order chi connectivity index (χ0) is 14.2. The Hall–Kier alpha value is -1.11. The van der Waals surface area contributed by atoms with Gasteiger partial charge in [-0.05, 0) is 43.7 Å². The molecule has 1 atom stereocenters. The third-order valence-corrected chi connectivity index (χ3v) is 4.78. The highest BCUT2D eigenvalue weighted by molar-refractivity contribution is 8.24. The number of nitrogens with zero attached hydrogens (tertiary/aromatic N) is 2. The third-order valence-electron chi connectivity index (χ3n) is 3.04. The molecule has 0 unspecified atom stereocenters. The average molecular weight is 296 g/mol. The van der Waals surface area contributed by atoms with E-state index in [0.29, 0.717) is 0 Å². The molecule has 0 bridgehead atoms. The van der Waals surface area contributed by atoms with E-state index in [4.69, 9.17) is 12.2 Å². The lowest BCUT2D eigenvalue weighted by molar-refractivity contribution is -0.118. The van der Waals surface area contributed by atoms with Crippen LogP contribution in [0.5, 0.6) is 0 Å². The average Bonchev–Trinajstić information content (AvgIpc) is 2.51. The SMILES string of the molecule is CN1C(=S)SC(C)(C)[C@@H]1N(O)C=C1C=CC(=O)C=C1. The molecule has 0 aromatic rings. The fourth-order valence-electron chi connectivity index (χ4n) is 2.19. The molecule has 102 valence electrons. The van der Waals surface area contributed by atoms with Crippen molar-refractivity contribution in [3.8, 4) is 0 Å². The van der Waals surface area contributed by atoms with Crippen LogP contribution in [0.25, 0.3) is 0 Å². The first-order chi connectivity index (χ1) is 8.81. The lowest BCUT2D eigenvalue weighted by atomic mass is 10.1. The fourth-order valence-corrected chi connectivity index (χ4v) is 4.00. The minimum Gasteiger partial charge on any atom is -0.337 e. The van der Waals surface area contributed by atoms with E-state index in [-0.39, 0.29) is 16.7 Å². The molecule has 1 heterocycles. The Morgan fingerprint density at radius 2 is 2.00 bits per heavy atom. The fraction of sp³-hybridized carbons (Fsp3) is 0.385. The molecular formula is C13H16N2O2S2. The predicted molar refractivity (Wildman–Crippen MR) is 80.8 cm³/mol. The molecule has 0 amide bonds. The first-order valence-corrected chi connectivity index (χ1v) is 7.09. The van der Waals surface area contributed by atoms with Gasteiger partial charge in [-0.1, -0.05) is 24.0 Å². The van der Waals surface area contributed by atoms with Crippen molar-refractivity contribution < 1.29 is 10.0 Å². The van der Waals surface area contributed by atoms with Gasteiger partial charge in [-0.25, -0.2) is 5.06 Å². The number of carbonyl (C=O) groups excluding carboxylic acids is 1. The number of hydrogen-bond donors (Lipinski definition) is 1. The van der Waals surface area contributed by atoms with Gasteiger partial charge in [-0.2, -0.15) is 0 Å². The molecule has 1 fully saturated rings. The van der Waals surface area contributed by atoms with Gasteiger partial charge in [-0.15, -0.1) is 0 Å². The van der Waals surface area contributed by atoms with Crippen molar-refractivity contribution in [2.75, 3.05) is 7.05 Å². The molecule has 0 saturated carbocycles. The zero-order valence-electron chi connectivity index (χ0n) is 11.0. The van der Waals surface area contributed by atoms with E-state index in [0.717, 1.165) is 15.0 Å². The van der Waals surface area contributed by atoms with E-state index in [9.17, 15) is 10.0 Å². The molecule has 0 radical (unpaired) electrons. The Morgan fingerprint density at radius 1 is 1.42 bits per heavy atom. The first-order valence-electron chi connectivity index (χ1n) is 5.86. The molecule has 1 N–H and O–H groups in total. The zero-order valence-corrected chi connectivity index (χ0v) is 12.7. The molecule has 6 heteroatoms. The second kappa shape index (κ2) is 5.11. The van der Waals surface area contributed by atoms with Gasteiger partial charge < -0.3 is 4.90 Å². The molecule has 0 spiro atoms. The van der Waals surface area contributed by atoms with Crippen molar-refractivity contribution in [2.24, 2.45) is 0 Å². The van der Waals surface area contributed by atoms with Gasteiger partial charge in [0.05, 0.1) is 4.75 Å².